The van der Waals surface area contributed by atoms with Crippen LogP contribution in [0.1, 0.15) is 27.2 Å². The molecule has 0 aliphatic carbocycles. The summed E-state index contributed by atoms with van der Waals surface area (Å²) in [5.74, 6) is 0.287. The minimum Gasteiger partial charge on any atom is -0.380 e. The Morgan fingerprint density at radius 1 is 1.44 bits per heavy atom. The van der Waals surface area contributed by atoms with Crippen molar-refractivity contribution >= 4 is 5.91 Å². The Bertz CT molecular complexity index is 211. The van der Waals surface area contributed by atoms with E-state index in [9.17, 15) is 4.79 Å². The van der Waals surface area contributed by atoms with Crippen LogP contribution >= 0.6 is 0 Å². The van der Waals surface area contributed by atoms with E-state index in [2.05, 4.69) is 13.8 Å². The van der Waals surface area contributed by atoms with Crippen LogP contribution < -0.4 is 11.5 Å². The van der Waals surface area contributed by atoms with Gasteiger partial charge in [0, 0.05) is 13.7 Å². The minimum atomic E-state index is -0.641. The molecule has 5 nitrogen and oxygen atoms in total. The van der Waals surface area contributed by atoms with Gasteiger partial charge in [0.15, 0.2) is 0 Å². The van der Waals surface area contributed by atoms with Gasteiger partial charge in [-0.05, 0) is 12.8 Å². The number of amides is 1. The fourth-order valence-electron chi connectivity index (χ4n) is 1.32. The Morgan fingerprint density at radius 2 is 2.00 bits per heavy atom. The SMILES string of the molecule is CCC(C)CN(CN)C(=O)C(N)C(C)OC. The van der Waals surface area contributed by atoms with E-state index in [-0.39, 0.29) is 18.7 Å². The van der Waals surface area contributed by atoms with E-state index in [0.29, 0.717) is 12.5 Å². The maximum absolute atomic E-state index is 12.0. The molecule has 0 bridgehead atoms. The Labute approximate surface area is 98.1 Å². The molecule has 0 saturated heterocycles. The van der Waals surface area contributed by atoms with Crippen LogP contribution in [0, 0.1) is 5.92 Å². The predicted octanol–water partition coefficient (Wildman–Crippen LogP) is 0.140. The van der Waals surface area contributed by atoms with E-state index in [1.54, 1.807) is 18.9 Å². The lowest BCUT2D eigenvalue weighted by Crippen LogP contribution is -2.52. The lowest BCUT2D eigenvalue weighted by molar-refractivity contribution is -0.136. The van der Waals surface area contributed by atoms with Crippen LogP contribution in [0.25, 0.3) is 0 Å². The van der Waals surface area contributed by atoms with E-state index in [1.165, 1.54) is 0 Å². The molecule has 96 valence electrons. The van der Waals surface area contributed by atoms with Crippen molar-refractivity contribution in [2.24, 2.45) is 17.4 Å². The van der Waals surface area contributed by atoms with Crippen LogP contribution in [0.2, 0.25) is 0 Å². The van der Waals surface area contributed by atoms with E-state index in [1.807, 2.05) is 0 Å². The Balaban J connectivity index is 4.40. The standard InChI is InChI=1S/C11H25N3O2/c1-5-8(2)6-14(7-12)11(15)10(13)9(3)16-4/h8-10H,5-7,12-13H2,1-4H3. The fraction of sp³-hybridized carbons (Fsp3) is 0.909. The number of carbonyl (C=O) groups excluding carboxylic acids is 1. The zero-order valence-corrected chi connectivity index (χ0v) is 10.8. The van der Waals surface area contributed by atoms with Crippen molar-refractivity contribution in [2.75, 3.05) is 20.3 Å². The second-order valence-electron chi connectivity index (χ2n) is 4.22. The number of carbonyl (C=O) groups is 1. The zero-order valence-electron chi connectivity index (χ0n) is 10.8. The molecule has 0 spiro atoms. The van der Waals surface area contributed by atoms with E-state index in [4.69, 9.17) is 16.2 Å². The van der Waals surface area contributed by atoms with Crippen LogP contribution in [-0.4, -0.2) is 43.3 Å². The normalized spacial score (nSPS) is 16.6. The van der Waals surface area contributed by atoms with Crippen molar-refractivity contribution in [2.45, 2.75) is 39.3 Å². The minimum absolute atomic E-state index is 0.142. The molecule has 0 heterocycles. The Hall–Kier alpha value is -0.650. The van der Waals surface area contributed by atoms with Gasteiger partial charge in [0.2, 0.25) is 5.91 Å². The summed E-state index contributed by atoms with van der Waals surface area (Å²) < 4.78 is 5.05. The topological polar surface area (TPSA) is 81.6 Å². The second kappa shape index (κ2) is 7.60. The largest absolute Gasteiger partial charge is 0.380 e. The molecule has 0 fully saturated rings. The smallest absolute Gasteiger partial charge is 0.243 e. The molecular formula is C11H25N3O2. The molecule has 0 radical (unpaired) electrons. The van der Waals surface area contributed by atoms with E-state index >= 15 is 0 Å². The first-order chi connectivity index (χ1) is 7.47. The average molecular weight is 231 g/mol. The van der Waals surface area contributed by atoms with Gasteiger partial charge in [-0.15, -0.1) is 0 Å². The Kier molecular flexibility index (Phi) is 7.29. The molecule has 0 aromatic heterocycles. The third-order valence-corrected chi connectivity index (χ3v) is 2.92. The lowest BCUT2D eigenvalue weighted by atomic mass is 10.1. The molecule has 0 aliphatic heterocycles. The molecule has 0 aliphatic rings. The van der Waals surface area contributed by atoms with Crippen LogP contribution in [0.5, 0.6) is 0 Å². The monoisotopic (exact) mass is 231 g/mol. The van der Waals surface area contributed by atoms with Gasteiger partial charge in [0.25, 0.3) is 0 Å². The maximum Gasteiger partial charge on any atom is 0.243 e. The quantitative estimate of drug-likeness (QED) is 0.611. The number of nitrogens with two attached hydrogens (primary N) is 2. The molecule has 3 atom stereocenters. The molecule has 0 aromatic carbocycles. The number of hydrogen-bond acceptors (Lipinski definition) is 4. The highest BCUT2D eigenvalue weighted by Gasteiger charge is 2.25. The molecule has 16 heavy (non-hydrogen) atoms. The van der Waals surface area contributed by atoms with Crippen molar-refractivity contribution in [1.29, 1.82) is 0 Å². The summed E-state index contributed by atoms with van der Waals surface area (Å²) in [5.41, 5.74) is 11.4. The predicted molar refractivity (Wildman–Crippen MR) is 64.7 cm³/mol. The number of nitrogens with zero attached hydrogens (tertiary/aromatic N) is 1. The molecule has 0 saturated carbocycles. The van der Waals surface area contributed by atoms with Gasteiger partial charge in [-0.2, -0.15) is 0 Å². The van der Waals surface area contributed by atoms with Crippen molar-refractivity contribution < 1.29 is 9.53 Å². The molecule has 3 unspecified atom stereocenters. The molecular weight excluding hydrogens is 206 g/mol. The van der Waals surface area contributed by atoms with Crippen LogP contribution in [0.4, 0.5) is 0 Å². The van der Waals surface area contributed by atoms with Gasteiger partial charge in [0.05, 0.1) is 12.8 Å². The van der Waals surface area contributed by atoms with Crippen molar-refractivity contribution in [3.8, 4) is 0 Å². The summed E-state index contributed by atoms with van der Waals surface area (Å²) in [6.45, 7) is 6.80. The zero-order chi connectivity index (χ0) is 12.7. The third kappa shape index (κ3) is 4.47. The van der Waals surface area contributed by atoms with Crippen molar-refractivity contribution in [1.82, 2.24) is 4.90 Å². The van der Waals surface area contributed by atoms with Gasteiger partial charge >= 0.3 is 0 Å². The molecule has 0 rings (SSSR count). The van der Waals surface area contributed by atoms with Gasteiger partial charge in [-0.3, -0.25) is 4.79 Å². The first kappa shape index (κ1) is 15.3. The highest BCUT2D eigenvalue weighted by Crippen LogP contribution is 2.06. The van der Waals surface area contributed by atoms with Gasteiger partial charge in [-0.1, -0.05) is 20.3 Å². The number of rotatable bonds is 7. The van der Waals surface area contributed by atoms with Crippen LogP contribution in [0.3, 0.4) is 0 Å². The summed E-state index contributed by atoms with van der Waals surface area (Å²) in [6, 6.07) is -0.641. The summed E-state index contributed by atoms with van der Waals surface area (Å²) in [4.78, 5) is 13.6. The van der Waals surface area contributed by atoms with Gasteiger partial charge in [-0.25, -0.2) is 0 Å². The highest BCUT2D eigenvalue weighted by atomic mass is 16.5. The molecule has 1 amide bonds. The van der Waals surface area contributed by atoms with E-state index < -0.39 is 6.04 Å². The summed E-state index contributed by atoms with van der Waals surface area (Å²) in [6.07, 6.45) is 0.720. The summed E-state index contributed by atoms with van der Waals surface area (Å²) in [7, 11) is 1.54. The first-order valence-electron chi connectivity index (χ1n) is 5.75. The number of methoxy groups -OCH3 is 1. The van der Waals surface area contributed by atoms with Crippen LogP contribution in [0.15, 0.2) is 0 Å². The van der Waals surface area contributed by atoms with Gasteiger partial charge < -0.3 is 21.1 Å². The van der Waals surface area contributed by atoms with Gasteiger partial charge in [0.1, 0.15) is 6.04 Å². The second-order valence-corrected chi connectivity index (χ2v) is 4.22. The Morgan fingerprint density at radius 3 is 2.38 bits per heavy atom. The lowest BCUT2D eigenvalue weighted by Gasteiger charge is -2.28. The molecule has 5 heteroatoms. The van der Waals surface area contributed by atoms with Crippen molar-refractivity contribution in [3.05, 3.63) is 0 Å². The number of hydrogen-bond donors (Lipinski definition) is 2. The summed E-state index contributed by atoms with van der Waals surface area (Å²) in [5, 5.41) is 0. The fourth-order valence-corrected chi connectivity index (χ4v) is 1.32. The van der Waals surface area contributed by atoms with Crippen molar-refractivity contribution in [3.63, 3.8) is 0 Å². The summed E-state index contributed by atoms with van der Waals surface area (Å²) >= 11 is 0. The van der Waals surface area contributed by atoms with Crippen LogP contribution in [-0.2, 0) is 9.53 Å². The molecule has 0 aromatic rings. The average Bonchev–Trinajstić information content (AvgIpc) is 2.32. The first-order valence-corrected chi connectivity index (χ1v) is 5.75. The number of ether oxygens (including phenoxy) is 1. The van der Waals surface area contributed by atoms with E-state index in [0.717, 1.165) is 6.42 Å². The highest BCUT2D eigenvalue weighted by molar-refractivity contribution is 5.82. The molecule has 4 N–H and O–H groups in total. The third-order valence-electron chi connectivity index (χ3n) is 2.92. The maximum atomic E-state index is 12.0.